The van der Waals surface area contributed by atoms with Gasteiger partial charge >= 0.3 is 0 Å². The van der Waals surface area contributed by atoms with Gasteiger partial charge in [0.1, 0.15) is 0 Å². The molecule has 2 saturated carbocycles. The number of rotatable bonds is 3. The third-order valence-corrected chi connectivity index (χ3v) is 6.36. The van der Waals surface area contributed by atoms with Crippen LogP contribution in [0.1, 0.15) is 45.6 Å². The molecule has 0 aromatic carbocycles. The summed E-state index contributed by atoms with van der Waals surface area (Å²) in [6.45, 7) is 7.95. The van der Waals surface area contributed by atoms with E-state index in [9.17, 15) is 0 Å². The molecule has 104 valence electrons. The molecule has 2 bridgehead atoms. The van der Waals surface area contributed by atoms with Gasteiger partial charge < -0.3 is 4.74 Å². The molecule has 0 spiro atoms. The van der Waals surface area contributed by atoms with Gasteiger partial charge in [0.2, 0.25) is 0 Å². The predicted octanol–water partition coefficient (Wildman–Crippen LogP) is 4.58. The summed E-state index contributed by atoms with van der Waals surface area (Å²) < 4.78 is 7.28. The van der Waals surface area contributed by atoms with Crippen molar-refractivity contribution in [3.8, 4) is 0 Å². The van der Waals surface area contributed by atoms with Crippen molar-refractivity contribution in [2.45, 2.75) is 52.7 Å². The molecule has 0 saturated heterocycles. The van der Waals surface area contributed by atoms with Gasteiger partial charge in [-0.1, -0.05) is 20.8 Å². The Morgan fingerprint density at radius 2 is 2.16 bits per heavy atom. The van der Waals surface area contributed by atoms with Gasteiger partial charge in [-0.25, -0.2) is 0 Å². The Labute approximate surface area is 124 Å². The first-order chi connectivity index (χ1) is 8.93. The number of halogens is 1. The summed E-state index contributed by atoms with van der Waals surface area (Å²) in [6.07, 6.45) is 8.02. The van der Waals surface area contributed by atoms with E-state index in [-0.39, 0.29) is 0 Å². The minimum Gasteiger partial charge on any atom is -0.373 e. The Kier molecular flexibility index (Phi) is 3.25. The molecule has 2 nitrogen and oxygen atoms in total. The maximum atomic E-state index is 6.26. The highest BCUT2D eigenvalue weighted by Crippen LogP contribution is 2.66. The number of fused-ring (bicyclic) bond motifs is 2. The van der Waals surface area contributed by atoms with E-state index >= 15 is 0 Å². The predicted molar refractivity (Wildman–Crippen MR) is 79.7 cm³/mol. The fraction of sp³-hybridized carbons (Fsp3) is 0.688. The van der Waals surface area contributed by atoms with E-state index in [2.05, 4.69) is 47.8 Å². The second-order valence-corrected chi connectivity index (χ2v) is 7.84. The van der Waals surface area contributed by atoms with Crippen LogP contribution in [0.15, 0.2) is 22.9 Å². The molecule has 1 aromatic heterocycles. The van der Waals surface area contributed by atoms with Gasteiger partial charge in [-0.05, 0) is 63.6 Å². The van der Waals surface area contributed by atoms with Crippen molar-refractivity contribution in [2.24, 2.45) is 16.7 Å². The fourth-order valence-corrected chi connectivity index (χ4v) is 4.53. The number of pyridine rings is 1. The van der Waals surface area contributed by atoms with Crippen LogP contribution >= 0.6 is 15.9 Å². The number of hydrogen-bond acceptors (Lipinski definition) is 2. The molecule has 3 rings (SSSR count). The molecule has 19 heavy (non-hydrogen) atoms. The smallest absolute Gasteiger partial charge is 0.0736 e. The van der Waals surface area contributed by atoms with Crippen LogP contribution < -0.4 is 0 Å². The van der Waals surface area contributed by atoms with Crippen molar-refractivity contribution in [1.82, 2.24) is 4.98 Å². The molecule has 0 aliphatic heterocycles. The molecule has 1 aromatic rings. The van der Waals surface area contributed by atoms with Crippen molar-refractivity contribution < 1.29 is 4.74 Å². The number of aromatic nitrogens is 1. The maximum Gasteiger partial charge on any atom is 0.0736 e. The molecular weight excluding hydrogens is 302 g/mol. The zero-order chi connectivity index (χ0) is 13.7. The standard InChI is InChI=1S/C16H22BrNO/c1-15(2)12-4-5-16(15,3)14(7-12)19-10-11-6-13(17)9-18-8-11/h6,8-9,12,14H,4-5,7,10H2,1-3H3. The molecule has 3 atom stereocenters. The Bertz CT molecular complexity index is 487. The molecular formula is C16H22BrNO. The van der Waals surface area contributed by atoms with Crippen LogP contribution in [-0.2, 0) is 11.3 Å². The van der Waals surface area contributed by atoms with Crippen LogP contribution in [0.4, 0.5) is 0 Å². The number of ether oxygens (including phenoxy) is 1. The summed E-state index contributed by atoms with van der Waals surface area (Å²) >= 11 is 3.46. The largest absolute Gasteiger partial charge is 0.373 e. The van der Waals surface area contributed by atoms with Crippen LogP contribution in [0.25, 0.3) is 0 Å². The van der Waals surface area contributed by atoms with Crippen LogP contribution in [0, 0.1) is 16.7 Å². The normalized spacial score (nSPS) is 35.8. The molecule has 2 aliphatic rings. The summed E-state index contributed by atoms with van der Waals surface area (Å²) in [6, 6.07) is 2.09. The number of nitrogens with zero attached hydrogens (tertiary/aromatic N) is 1. The van der Waals surface area contributed by atoms with Crippen LogP contribution in [0.5, 0.6) is 0 Å². The second-order valence-electron chi connectivity index (χ2n) is 6.92. The van der Waals surface area contributed by atoms with Crippen LogP contribution in [-0.4, -0.2) is 11.1 Å². The molecule has 3 heteroatoms. The van der Waals surface area contributed by atoms with E-state index in [1.54, 1.807) is 0 Å². The van der Waals surface area contributed by atoms with Crippen LogP contribution in [0.2, 0.25) is 0 Å². The Hall–Kier alpha value is -0.410. The van der Waals surface area contributed by atoms with Gasteiger partial charge in [0.15, 0.2) is 0 Å². The first-order valence-corrected chi connectivity index (χ1v) is 7.94. The Morgan fingerprint density at radius 3 is 2.74 bits per heavy atom. The lowest BCUT2D eigenvalue weighted by Gasteiger charge is -2.38. The van der Waals surface area contributed by atoms with E-state index < -0.39 is 0 Å². The summed E-state index contributed by atoms with van der Waals surface area (Å²) in [4.78, 5) is 4.20. The van der Waals surface area contributed by atoms with Crippen molar-refractivity contribution in [2.75, 3.05) is 0 Å². The van der Waals surface area contributed by atoms with Gasteiger partial charge in [-0.3, -0.25) is 4.98 Å². The molecule has 1 heterocycles. The summed E-state index contributed by atoms with van der Waals surface area (Å²) in [5.41, 5.74) is 1.92. The average Bonchev–Trinajstić information content (AvgIpc) is 2.69. The first-order valence-electron chi connectivity index (χ1n) is 7.14. The van der Waals surface area contributed by atoms with Gasteiger partial charge in [0.25, 0.3) is 0 Å². The molecule has 2 fully saturated rings. The van der Waals surface area contributed by atoms with Crippen molar-refractivity contribution in [1.29, 1.82) is 0 Å². The monoisotopic (exact) mass is 323 g/mol. The highest BCUT2D eigenvalue weighted by Gasteiger charge is 2.61. The number of hydrogen-bond donors (Lipinski definition) is 0. The third kappa shape index (κ3) is 2.06. The van der Waals surface area contributed by atoms with E-state index in [0.29, 0.717) is 23.5 Å². The van der Waals surface area contributed by atoms with Gasteiger partial charge in [-0.15, -0.1) is 0 Å². The topological polar surface area (TPSA) is 22.1 Å². The molecule has 0 amide bonds. The average molecular weight is 324 g/mol. The van der Waals surface area contributed by atoms with E-state index in [4.69, 9.17) is 4.74 Å². The highest BCUT2D eigenvalue weighted by molar-refractivity contribution is 9.10. The summed E-state index contributed by atoms with van der Waals surface area (Å²) in [7, 11) is 0. The van der Waals surface area contributed by atoms with Crippen molar-refractivity contribution >= 4 is 15.9 Å². The minimum absolute atomic E-state index is 0.344. The molecule has 3 unspecified atom stereocenters. The fourth-order valence-electron chi connectivity index (χ4n) is 4.11. The third-order valence-electron chi connectivity index (χ3n) is 5.93. The second kappa shape index (κ2) is 4.56. The van der Waals surface area contributed by atoms with Crippen molar-refractivity contribution in [3.05, 3.63) is 28.5 Å². The van der Waals surface area contributed by atoms with Gasteiger partial charge in [0.05, 0.1) is 12.7 Å². The lowest BCUT2D eigenvalue weighted by Crippen LogP contribution is -2.37. The Morgan fingerprint density at radius 1 is 1.37 bits per heavy atom. The van der Waals surface area contributed by atoms with E-state index in [0.717, 1.165) is 16.0 Å². The zero-order valence-electron chi connectivity index (χ0n) is 11.9. The minimum atomic E-state index is 0.344. The lowest BCUT2D eigenvalue weighted by atomic mass is 9.70. The lowest BCUT2D eigenvalue weighted by molar-refractivity contribution is -0.0551. The Balaban J connectivity index is 1.69. The van der Waals surface area contributed by atoms with Gasteiger partial charge in [-0.2, -0.15) is 0 Å². The first kappa shape index (κ1) is 13.6. The van der Waals surface area contributed by atoms with Gasteiger partial charge in [0, 0.05) is 16.9 Å². The van der Waals surface area contributed by atoms with E-state index in [1.165, 1.54) is 19.3 Å². The summed E-state index contributed by atoms with van der Waals surface area (Å²) in [5.74, 6) is 0.836. The highest BCUT2D eigenvalue weighted by atomic mass is 79.9. The zero-order valence-corrected chi connectivity index (χ0v) is 13.5. The van der Waals surface area contributed by atoms with E-state index in [1.807, 2.05) is 12.4 Å². The molecule has 0 N–H and O–H groups in total. The SMILES string of the molecule is CC1(C)C2CCC1(C)C(OCc1cncc(Br)c1)C2. The van der Waals surface area contributed by atoms with Crippen LogP contribution in [0.3, 0.4) is 0 Å². The quantitative estimate of drug-likeness (QED) is 0.812. The molecule has 2 aliphatic carbocycles. The molecule has 0 radical (unpaired) electrons. The van der Waals surface area contributed by atoms with Crippen molar-refractivity contribution in [3.63, 3.8) is 0 Å². The maximum absolute atomic E-state index is 6.26. The summed E-state index contributed by atoms with van der Waals surface area (Å²) in [5, 5.41) is 0.